The largest absolute Gasteiger partial charge is 0.352 e. The molecule has 0 heterocycles. The van der Waals surface area contributed by atoms with Gasteiger partial charge in [0, 0.05) is 12.1 Å². The van der Waals surface area contributed by atoms with Crippen molar-refractivity contribution in [3.63, 3.8) is 0 Å². The Morgan fingerprint density at radius 1 is 1.39 bits per heavy atom. The van der Waals surface area contributed by atoms with E-state index in [0.717, 1.165) is 18.4 Å². The maximum atomic E-state index is 13.1. The number of halogens is 1. The molecule has 0 aromatic heterocycles. The summed E-state index contributed by atoms with van der Waals surface area (Å²) in [6, 6.07) is 6.47. The fourth-order valence-electron chi connectivity index (χ4n) is 1.88. The first kappa shape index (κ1) is 13.0. The third-order valence-electron chi connectivity index (χ3n) is 3.17. The lowest BCUT2D eigenvalue weighted by Gasteiger charge is -2.20. The number of amides is 1. The molecule has 0 spiro atoms. The van der Waals surface area contributed by atoms with Crippen LogP contribution in [0.25, 0.3) is 0 Å². The summed E-state index contributed by atoms with van der Waals surface area (Å²) in [6.07, 6.45) is 2.16. The van der Waals surface area contributed by atoms with Crippen LogP contribution in [-0.2, 0) is 4.79 Å². The molecule has 1 saturated carbocycles. The van der Waals surface area contributed by atoms with Crippen molar-refractivity contribution in [2.75, 3.05) is 0 Å². The Morgan fingerprint density at radius 2 is 2.11 bits per heavy atom. The summed E-state index contributed by atoms with van der Waals surface area (Å²) in [7, 11) is 0. The van der Waals surface area contributed by atoms with Gasteiger partial charge in [0.05, 0.1) is 6.04 Å². The molecule has 18 heavy (non-hydrogen) atoms. The first-order valence-electron chi connectivity index (χ1n) is 6.38. The smallest absolute Gasteiger partial charge is 0.237 e. The summed E-state index contributed by atoms with van der Waals surface area (Å²) >= 11 is 0. The number of benzene rings is 1. The van der Waals surface area contributed by atoms with Gasteiger partial charge in [0.2, 0.25) is 5.91 Å². The zero-order valence-electron chi connectivity index (χ0n) is 10.7. The van der Waals surface area contributed by atoms with Gasteiger partial charge in [-0.2, -0.15) is 0 Å². The number of carbonyl (C=O) groups excluding carboxylic acids is 1. The number of hydrogen-bond acceptors (Lipinski definition) is 2. The third-order valence-corrected chi connectivity index (χ3v) is 3.17. The summed E-state index contributed by atoms with van der Waals surface area (Å²) in [4.78, 5) is 11.8. The fraction of sp³-hybridized carbons (Fsp3) is 0.500. The second kappa shape index (κ2) is 5.48. The molecule has 3 nitrogen and oxygen atoms in total. The maximum absolute atomic E-state index is 13.1. The SMILES string of the molecule is CC(NC(C)c1cccc(F)c1)C(=O)NC1CC1. The lowest BCUT2D eigenvalue weighted by Crippen LogP contribution is -2.43. The van der Waals surface area contributed by atoms with Gasteiger partial charge in [-0.3, -0.25) is 10.1 Å². The summed E-state index contributed by atoms with van der Waals surface area (Å²) in [6.45, 7) is 3.75. The van der Waals surface area contributed by atoms with Crippen molar-refractivity contribution in [1.82, 2.24) is 10.6 Å². The van der Waals surface area contributed by atoms with Crippen LogP contribution >= 0.6 is 0 Å². The van der Waals surface area contributed by atoms with E-state index in [-0.39, 0.29) is 23.8 Å². The summed E-state index contributed by atoms with van der Waals surface area (Å²) < 4.78 is 13.1. The normalized spacial score (nSPS) is 18.2. The van der Waals surface area contributed by atoms with E-state index in [1.165, 1.54) is 12.1 Å². The number of carbonyl (C=O) groups is 1. The Bertz CT molecular complexity index is 432. The second-order valence-electron chi connectivity index (χ2n) is 4.95. The van der Waals surface area contributed by atoms with Crippen molar-refractivity contribution in [2.24, 2.45) is 0 Å². The highest BCUT2D eigenvalue weighted by atomic mass is 19.1. The first-order valence-corrected chi connectivity index (χ1v) is 6.38. The van der Waals surface area contributed by atoms with E-state index in [1.807, 2.05) is 19.9 Å². The molecule has 2 atom stereocenters. The lowest BCUT2D eigenvalue weighted by atomic mass is 10.1. The molecule has 0 bridgehead atoms. The van der Waals surface area contributed by atoms with Gasteiger partial charge in [0.25, 0.3) is 0 Å². The van der Waals surface area contributed by atoms with Gasteiger partial charge in [-0.25, -0.2) is 4.39 Å². The van der Waals surface area contributed by atoms with Crippen molar-refractivity contribution in [3.05, 3.63) is 35.6 Å². The van der Waals surface area contributed by atoms with E-state index in [0.29, 0.717) is 6.04 Å². The van der Waals surface area contributed by atoms with Crippen LogP contribution in [0.15, 0.2) is 24.3 Å². The highest BCUT2D eigenvalue weighted by Crippen LogP contribution is 2.19. The Hall–Kier alpha value is -1.42. The van der Waals surface area contributed by atoms with E-state index < -0.39 is 0 Å². The summed E-state index contributed by atoms with van der Waals surface area (Å²) in [5, 5.41) is 6.12. The molecule has 1 aliphatic carbocycles. The molecular formula is C14H19FN2O. The number of nitrogens with one attached hydrogen (secondary N) is 2. The minimum atomic E-state index is -0.274. The quantitative estimate of drug-likeness (QED) is 0.840. The highest BCUT2D eigenvalue weighted by molar-refractivity contribution is 5.81. The fourth-order valence-corrected chi connectivity index (χ4v) is 1.88. The average molecular weight is 250 g/mol. The molecule has 2 rings (SSSR count). The van der Waals surface area contributed by atoms with Crippen molar-refractivity contribution in [3.8, 4) is 0 Å². The molecule has 0 saturated heterocycles. The van der Waals surface area contributed by atoms with Crippen LogP contribution in [0.4, 0.5) is 4.39 Å². The van der Waals surface area contributed by atoms with Gasteiger partial charge in [-0.05, 0) is 44.4 Å². The van der Waals surface area contributed by atoms with Crippen LogP contribution < -0.4 is 10.6 Å². The minimum Gasteiger partial charge on any atom is -0.352 e. The van der Waals surface area contributed by atoms with Gasteiger partial charge in [-0.15, -0.1) is 0 Å². The van der Waals surface area contributed by atoms with Crippen LogP contribution in [0.2, 0.25) is 0 Å². The molecule has 1 fully saturated rings. The molecule has 2 N–H and O–H groups in total. The second-order valence-corrected chi connectivity index (χ2v) is 4.95. The molecule has 0 aliphatic heterocycles. The van der Waals surface area contributed by atoms with Crippen molar-refractivity contribution in [2.45, 2.75) is 44.8 Å². The van der Waals surface area contributed by atoms with Crippen LogP contribution in [-0.4, -0.2) is 18.0 Å². The molecule has 0 radical (unpaired) electrons. The molecule has 2 unspecified atom stereocenters. The molecule has 1 aromatic rings. The lowest BCUT2D eigenvalue weighted by molar-refractivity contribution is -0.123. The Kier molecular flexibility index (Phi) is 3.97. The van der Waals surface area contributed by atoms with E-state index in [1.54, 1.807) is 6.07 Å². The van der Waals surface area contributed by atoms with Gasteiger partial charge < -0.3 is 5.32 Å². The van der Waals surface area contributed by atoms with Gasteiger partial charge >= 0.3 is 0 Å². The van der Waals surface area contributed by atoms with Crippen molar-refractivity contribution in [1.29, 1.82) is 0 Å². The standard InChI is InChI=1S/C14H19FN2O/c1-9(11-4-3-5-12(15)8-11)16-10(2)14(18)17-13-6-7-13/h3-5,8-10,13,16H,6-7H2,1-2H3,(H,17,18). The van der Waals surface area contributed by atoms with Gasteiger partial charge in [-0.1, -0.05) is 12.1 Å². The van der Waals surface area contributed by atoms with Crippen molar-refractivity contribution < 1.29 is 9.18 Å². The number of rotatable bonds is 5. The van der Waals surface area contributed by atoms with Crippen molar-refractivity contribution >= 4 is 5.91 Å². The van der Waals surface area contributed by atoms with Gasteiger partial charge in [0.1, 0.15) is 5.82 Å². The molecule has 4 heteroatoms. The van der Waals surface area contributed by atoms with Crippen LogP contribution in [0, 0.1) is 5.82 Å². The van der Waals surface area contributed by atoms with Crippen LogP contribution in [0.1, 0.15) is 38.3 Å². The molecule has 1 aromatic carbocycles. The molecule has 98 valence electrons. The average Bonchev–Trinajstić information content (AvgIpc) is 3.12. The monoisotopic (exact) mass is 250 g/mol. The minimum absolute atomic E-state index is 0.0146. The Balaban J connectivity index is 1.89. The van der Waals surface area contributed by atoms with Crippen LogP contribution in [0.5, 0.6) is 0 Å². The predicted molar refractivity (Wildman–Crippen MR) is 68.6 cm³/mol. The first-order chi connectivity index (χ1) is 8.56. The topological polar surface area (TPSA) is 41.1 Å². The zero-order valence-corrected chi connectivity index (χ0v) is 10.7. The third kappa shape index (κ3) is 3.53. The Labute approximate surface area is 107 Å². The summed E-state index contributed by atoms with van der Waals surface area (Å²) in [5.74, 6) is -0.239. The molecular weight excluding hydrogens is 231 g/mol. The molecule has 1 amide bonds. The predicted octanol–water partition coefficient (Wildman–Crippen LogP) is 2.14. The van der Waals surface area contributed by atoms with Crippen LogP contribution in [0.3, 0.4) is 0 Å². The van der Waals surface area contributed by atoms with E-state index in [4.69, 9.17) is 0 Å². The van der Waals surface area contributed by atoms with E-state index in [9.17, 15) is 9.18 Å². The van der Waals surface area contributed by atoms with Gasteiger partial charge in [0.15, 0.2) is 0 Å². The van der Waals surface area contributed by atoms with E-state index >= 15 is 0 Å². The zero-order chi connectivity index (χ0) is 13.1. The Morgan fingerprint density at radius 3 is 2.72 bits per heavy atom. The maximum Gasteiger partial charge on any atom is 0.237 e. The highest BCUT2D eigenvalue weighted by Gasteiger charge is 2.26. The summed E-state index contributed by atoms with van der Waals surface area (Å²) in [5.41, 5.74) is 0.848. The number of hydrogen-bond donors (Lipinski definition) is 2. The molecule has 1 aliphatic rings. The van der Waals surface area contributed by atoms with E-state index in [2.05, 4.69) is 10.6 Å².